The van der Waals surface area contributed by atoms with Crippen molar-refractivity contribution in [1.29, 1.82) is 0 Å². The van der Waals surface area contributed by atoms with Gasteiger partial charge in [-0.15, -0.1) is 0 Å². The highest BCUT2D eigenvalue weighted by Crippen LogP contribution is 2.26. The van der Waals surface area contributed by atoms with Gasteiger partial charge in [0, 0.05) is 13.1 Å². The van der Waals surface area contributed by atoms with Crippen molar-refractivity contribution in [2.75, 3.05) is 25.0 Å². The van der Waals surface area contributed by atoms with Crippen LogP contribution in [0.15, 0.2) is 42.5 Å². The van der Waals surface area contributed by atoms with Crippen LogP contribution >= 0.6 is 0 Å². The predicted molar refractivity (Wildman–Crippen MR) is 109 cm³/mol. The first-order chi connectivity index (χ1) is 14.8. The Balaban J connectivity index is 1.55. The lowest BCUT2D eigenvalue weighted by Gasteiger charge is -2.39. The van der Waals surface area contributed by atoms with Crippen LogP contribution in [0.3, 0.4) is 0 Å². The summed E-state index contributed by atoms with van der Waals surface area (Å²) >= 11 is 0. The van der Waals surface area contributed by atoms with Gasteiger partial charge in [0.1, 0.15) is 0 Å². The molecule has 0 spiro atoms. The van der Waals surface area contributed by atoms with Crippen LogP contribution in [0.25, 0.3) is 0 Å². The summed E-state index contributed by atoms with van der Waals surface area (Å²) < 4.78 is 45.9. The number of halogens is 3. The highest BCUT2D eigenvalue weighted by atomic mass is 19.2. The maximum absolute atomic E-state index is 13.7. The minimum Gasteiger partial charge on any atom is -0.368 e. The first kappa shape index (κ1) is 22.8. The van der Waals surface area contributed by atoms with Gasteiger partial charge in [-0.05, 0) is 31.5 Å². The zero-order chi connectivity index (χ0) is 22.5. The predicted octanol–water partition coefficient (Wildman–Crippen LogP) is 3.01. The van der Waals surface area contributed by atoms with Crippen molar-refractivity contribution in [3.8, 4) is 0 Å². The van der Waals surface area contributed by atoms with Crippen LogP contribution in [0, 0.1) is 17.5 Å². The van der Waals surface area contributed by atoms with Crippen LogP contribution in [-0.4, -0.2) is 48.5 Å². The van der Waals surface area contributed by atoms with E-state index >= 15 is 0 Å². The standard InChI is InChI=1S/C22H24F3N3O3/c1-13-11-28(12-18(31-13)15-6-4-3-5-7-15)14(2)22(30)26-10-19(29)27-17-9-8-16(23)20(24)21(17)25/h3-9,13-14,18H,10-12H2,1-2H3,(H,26,30)(H,27,29). The molecule has 0 radical (unpaired) electrons. The number of carbonyl (C=O) groups excluding carboxylic acids is 2. The van der Waals surface area contributed by atoms with Gasteiger partial charge in [0.25, 0.3) is 0 Å². The second-order valence-corrected chi connectivity index (χ2v) is 7.46. The van der Waals surface area contributed by atoms with E-state index < -0.39 is 41.6 Å². The molecule has 0 aliphatic carbocycles. The first-order valence-electron chi connectivity index (χ1n) is 9.91. The smallest absolute Gasteiger partial charge is 0.243 e. The van der Waals surface area contributed by atoms with Crippen molar-refractivity contribution < 1.29 is 27.5 Å². The Morgan fingerprint density at radius 2 is 1.81 bits per heavy atom. The SMILES string of the molecule is CC1CN(C(C)C(=O)NCC(=O)Nc2ccc(F)c(F)c2F)CC(c2ccccc2)O1. The lowest BCUT2D eigenvalue weighted by Crippen LogP contribution is -2.53. The summed E-state index contributed by atoms with van der Waals surface area (Å²) in [7, 11) is 0. The first-order valence-corrected chi connectivity index (χ1v) is 9.91. The molecule has 0 saturated carbocycles. The van der Waals surface area contributed by atoms with Crippen LogP contribution in [0.1, 0.15) is 25.5 Å². The van der Waals surface area contributed by atoms with E-state index in [1.165, 1.54) is 0 Å². The molecule has 6 nitrogen and oxygen atoms in total. The zero-order valence-corrected chi connectivity index (χ0v) is 17.2. The third-order valence-electron chi connectivity index (χ3n) is 5.12. The van der Waals surface area contributed by atoms with E-state index in [0.29, 0.717) is 19.2 Å². The molecule has 1 fully saturated rings. The molecule has 1 aliphatic rings. The monoisotopic (exact) mass is 435 g/mol. The van der Waals surface area contributed by atoms with E-state index in [4.69, 9.17) is 4.74 Å². The average Bonchev–Trinajstić information content (AvgIpc) is 2.77. The Morgan fingerprint density at radius 3 is 2.52 bits per heavy atom. The fourth-order valence-corrected chi connectivity index (χ4v) is 3.45. The molecule has 1 heterocycles. The highest BCUT2D eigenvalue weighted by molar-refractivity contribution is 5.95. The molecule has 2 aromatic rings. The largest absolute Gasteiger partial charge is 0.368 e. The number of nitrogens with one attached hydrogen (secondary N) is 2. The molecular formula is C22H24F3N3O3. The number of nitrogens with zero attached hydrogens (tertiary/aromatic N) is 1. The van der Waals surface area contributed by atoms with E-state index in [1.54, 1.807) is 6.92 Å². The van der Waals surface area contributed by atoms with E-state index in [-0.39, 0.29) is 18.1 Å². The molecule has 31 heavy (non-hydrogen) atoms. The maximum Gasteiger partial charge on any atom is 0.243 e. The van der Waals surface area contributed by atoms with Crippen LogP contribution in [0.4, 0.5) is 18.9 Å². The van der Waals surface area contributed by atoms with E-state index in [1.807, 2.05) is 42.2 Å². The van der Waals surface area contributed by atoms with E-state index in [0.717, 1.165) is 11.6 Å². The number of benzene rings is 2. The van der Waals surface area contributed by atoms with Gasteiger partial charge in [-0.1, -0.05) is 30.3 Å². The molecule has 2 N–H and O–H groups in total. The summed E-state index contributed by atoms with van der Waals surface area (Å²) in [4.78, 5) is 26.5. The van der Waals surface area contributed by atoms with Crippen LogP contribution < -0.4 is 10.6 Å². The van der Waals surface area contributed by atoms with Crippen molar-refractivity contribution in [3.63, 3.8) is 0 Å². The van der Waals surface area contributed by atoms with Crippen LogP contribution in [0.2, 0.25) is 0 Å². The molecule has 1 aliphatic heterocycles. The lowest BCUT2D eigenvalue weighted by molar-refractivity contribution is -0.134. The summed E-state index contributed by atoms with van der Waals surface area (Å²) in [6, 6.07) is 10.8. The summed E-state index contributed by atoms with van der Waals surface area (Å²) in [5.74, 6) is -5.68. The molecule has 2 aromatic carbocycles. The Bertz CT molecular complexity index is 942. The Morgan fingerprint density at radius 1 is 1.10 bits per heavy atom. The van der Waals surface area contributed by atoms with E-state index in [2.05, 4.69) is 10.6 Å². The number of hydrogen-bond donors (Lipinski definition) is 2. The molecule has 166 valence electrons. The van der Waals surface area contributed by atoms with Gasteiger partial charge < -0.3 is 15.4 Å². The fourth-order valence-electron chi connectivity index (χ4n) is 3.45. The molecule has 2 amide bonds. The summed E-state index contributed by atoms with van der Waals surface area (Å²) in [6.07, 6.45) is -0.270. The van der Waals surface area contributed by atoms with Gasteiger partial charge in [0.05, 0.1) is 30.5 Å². The normalized spacial score (nSPS) is 20.2. The van der Waals surface area contributed by atoms with Crippen LogP contribution in [0.5, 0.6) is 0 Å². The Labute approximate surface area is 178 Å². The molecule has 0 aromatic heterocycles. The van der Waals surface area contributed by atoms with E-state index in [9.17, 15) is 22.8 Å². The van der Waals surface area contributed by atoms with Gasteiger partial charge in [-0.3, -0.25) is 14.5 Å². The quantitative estimate of drug-likeness (QED) is 0.685. The van der Waals surface area contributed by atoms with Crippen molar-refractivity contribution >= 4 is 17.5 Å². The van der Waals surface area contributed by atoms with Gasteiger partial charge in [0.2, 0.25) is 11.8 Å². The van der Waals surface area contributed by atoms with Crippen LogP contribution in [-0.2, 0) is 14.3 Å². The third-order valence-corrected chi connectivity index (χ3v) is 5.12. The number of carbonyl (C=O) groups is 2. The molecule has 9 heteroatoms. The molecule has 3 rings (SSSR count). The third kappa shape index (κ3) is 5.62. The molecule has 3 unspecified atom stereocenters. The van der Waals surface area contributed by atoms with Crippen molar-refractivity contribution in [1.82, 2.24) is 10.2 Å². The average molecular weight is 435 g/mol. The maximum atomic E-state index is 13.7. The summed E-state index contributed by atoms with van der Waals surface area (Å²) in [5.41, 5.74) is 0.512. The molecule has 1 saturated heterocycles. The molecular weight excluding hydrogens is 411 g/mol. The number of amides is 2. The second-order valence-electron chi connectivity index (χ2n) is 7.46. The van der Waals surface area contributed by atoms with Crippen molar-refractivity contribution in [2.45, 2.75) is 32.1 Å². The van der Waals surface area contributed by atoms with Gasteiger partial charge in [-0.2, -0.15) is 0 Å². The van der Waals surface area contributed by atoms with Crippen molar-refractivity contribution in [2.24, 2.45) is 0 Å². The summed E-state index contributed by atoms with van der Waals surface area (Å²) in [6.45, 7) is 4.27. The number of anilines is 1. The number of morpholine rings is 1. The molecule has 0 bridgehead atoms. The Kier molecular flexibility index (Phi) is 7.29. The van der Waals surface area contributed by atoms with Gasteiger partial charge >= 0.3 is 0 Å². The van der Waals surface area contributed by atoms with Gasteiger partial charge in [0.15, 0.2) is 17.5 Å². The highest BCUT2D eigenvalue weighted by Gasteiger charge is 2.32. The minimum atomic E-state index is -1.68. The molecule has 3 atom stereocenters. The number of rotatable bonds is 6. The summed E-state index contributed by atoms with van der Waals surface area (Å²) in [5, 5.41) is 4.61. The number of ether oxygens (including phenoxy) is 1. The van der Waals surface area contributed by atoms with Crippen molar-refractivity contribution in [3.05, 3.63) is 65.5 Å². The second kappa shape index (κ2) is 9.93. The fraction of sp³-hybridized carbons (Fsp3) is 0.364. The zero-order valence-electron chi connectivity index (χ0n) is 17.2. The lowest BCUT2D eigenvalue weighted by atomic mass is 10.1. The minimum absolute atomic E-state index is 0.0890. The Hall–Kier alpha value is -2.91. The topological polar surface area (TPSA) is 70.7 Å². The number of hydrogen-bond acceptors (Lipinski definition) is 4. The van der Waals surface area contributed by atoms with Gasteiger partial charge in [-0.25, -0.2) is 13.2 Å².